The van der Waals surface area contributed by atoms with E-state index in [1.165, 1.54) is 5.56 Å². The van der Waals surface area contributed by atoms with E-state index in [1.54, 1.807) is 19.2 Å². The first kappa shape index (κ1) is 14.5. The summed E-state index contributed by atoms with van der Waals surface area (Å²) in [7, 11) is 1.58. The fraction of sp³-hybridized carbons (Fsp3) is 0.118. The predicted octanol–water partition coefficient (Wildman–Crippen LogP) is 4.18. The Morgan fingerprint density at radius 2 is 1.50 bits per heavy atom. The Kier molecular flexibility index (Phi) is 4.02. The number of rotatable bonds is 3. The molecular formula is C17H14ClN3O. The van der Waals surface area contributed by atoms with E-state index in [-0.39, 0.29) is 0 Å². The third-order valence-corrected chi connectivity index (χ3v) is 3.53. The Hall–Kier alpha value is -2.46. The lowest BCUT2D eigenvalue weighted by Gasteiger charge is -2.08. The van der Waals surface area contributed by atoms with Crippen LogP contribution in [0.15, 0.2) is 48.5 Å². The molecule has 0 amide bonds. The van der Waals surface area contributed by atoms with E-state index in [2.05, 4.69) is 15.2 Å². The van der Waals surface area contributed by atoms with Crippen molar-refractivity contribution in [2.45, 2.75) is 6.92 Å². The van der Waals surface area contributed by atoms with Gasteiger partial charge in [0.1, 0.15) is 0 Å². The predicted molar refractivity (Wildman–Crippen MR) is 87.0 cm³/mol. The molecule has 0 aliphatic rings. The molecule has 0 radical (unpaired) electrons. The number of methoxy groups -OCH3 is 1. The van der Waals surface area contributed by atoms with Crippen molar-refractivity contribution in [2.75, 3.05) is 7.11 Å². The van der Waals surface area contributed by atoms with Gasteiger partial charge in [-0.1, -0.05) is 41.4 Å². The molecule has 110 valence electrons. The first-order valence-electron chi connectivity index (χ1n) is 6.79. The highest BCUT2D eigenvalue weighted by Crippen LogP contribution is 2.27. The van der Waals surface area contributed by atoms with Crippen LogP contribution < -0.4 is 4.74 Å². The van der Waals surface area contributed by atoms with E-state index in [4.69, 9.17) is 16.3 Å². The number of aryl methyl sites for hydroxylation is 1. The average Bonchev–Trinajstić information content (AvgIpc) is 2.56. The summed E-state index contributed by atoms with van der Waals surface area (Å²) in [6.45, 7) is 2.04. The summed E-state index contributed by atoms with van der Waals surface area (Å²) in [5, 5.41) is 9.15. The molecule has 3 rings (SSSR count). The molecule has 2 aromatic carbocycles. The van der Waals surface area contributed by atoms with Gasteiger partial charge in [0.2, 0.25) is 5.88 Å². The van der Waals surface area contributed by atoms with E-state index in [0.717, 1.165) is 11.1 Å². The molecule has 1 heterocycles. The van der Waals surface area contributed by atoms with Crippen LogP contribution >= 0.6 is 11.6 Å². The molecule has 0 saturated heterocycles. The molecule has 0 N–H and O–H groups in total. The van der Waals surface area contributed by atoms with Crippen molar-refractivity contribution < 1.29 is 4.74 Å². The number of ether oxygens (including phenoxy) is 1. The van der Waals surface area contributed by atoms with Crippen LogP contribution in [0.2, 0.25) is 5.02 Å². The summed E-state index contributed by atoms with van der Waals surface area (Å²) >= 11 is 5.89. The normalized spacial score (nSPS) is 10.5. The van der Waals surface area contributed by atoms with Gasteiger partial charge in [-0.3, -0.25) is 0 Å². The quantitative estimate of drug-likeness (QED) is 0.728. The van der Waals surface area contributed by atoms with Crippen LogP contribution in [0.1, 0.15) is 5.56 Å². The van der Waals surface area contributed by atoms with Crippen LogP contribution in [0.3, 0.4) is 0 Å². The topological polar surface area (TPSA) is 47.9 Å². The molecule has 0 fully saturated rings. The van der Waals surface area contributed by atoms with Crippen LogP contribution in [0.4, 0.5) is 0 Å². The molecule has 0 aliphatic heterocycles. The molecule has 0 saturated carbocycles. The molecule has 5 heteroatoms. The Balaban J connectivity index is 2.04. The lowest BCUT2D eigenvalue weighted by atomic mass is 10.1. The Labute approximate surface area is 133 Å². The summed E-state index contributed by atoms with van der Waals surface area (Å²) in [5.74, 6) is 0.952. The molecule has 3 aromatic rings. The molecule has 0 unspecified atom stereocenters. The zero-order valence-corrected chi connectivity index (χ0v) is 13.0. The molecule has 4 nitrogen and oxygen atoms in total. The van der Waals surface area contributed by atoms with Gasteiger partial charge in [0.15, 0.2) is 11.5 Å². The Morgan fingerprint density at radius 1 is 0.864 bits per heavy atom. The largest absolute Gasteiger partial charge is 0.479 e. The number of hydrogen-bond donors (Lipinski definition) is 0. The number of benzene rings is 2. The zero-order chi connectivity index (χ0) is 15.5. The lowest BCUT2D eigenvalue weighted by Crippen LogP contribution is -2.00. The van der Waals surface area contributed by atoms with E-state index in [1.807, 2.05) is 43.3 Å². The lowest BCUT2D eigenvalue weighted by molar-refractivity contribution is 0.396. The molecule has 0 spiro atoms. The van der Waals surface area contributed by atoms with Crippen molar-refractivity contribution in [2.24, 2.45) is 0 Å². The number of halogens is 1. The minimum absolute atomic E-state index is 0.448. The van der Waals surface area contributed by atoms with Gasteiger partial charge < -0.3 is 4.74 Å². The van der Waals surface area contributed by atoms with Gasteiger partial charge in [0.05, 0.1) is 7.11 Å². The summed E-state index contributed by atoms with van der Waals surface area (Å²) in [6.07, 6.45) is 0. The average molecular weight is 312 g/mol. The second-order valence-electron chi connectivity index (χ2n) is 4.87. The van der Waals surface area contributed by atoms with Crippen molar-refractivity contribution >= 4 is 11.6 Å². The van der Waals surface area contributed by atoms with Crippen molar-refractivity contribution in [3.05, 3.63) is 59.1 Å². The van der Waals surface area contributed by atoms with E-state index in [9.17, 15) is 0 Å². The fourth-order valence-corrected chi connectivity index (χ4v) is 2.19. The van der Waals surface area contributed by atoms with Crippen molar-refractivity contribution in [1.29, 1.82) is 0 Å². The van der Waals surface area contributed by atoms with Crippen LogP contribution in [-0.4, -0.2) is 22.3 Å². The van der Waals surface area contributed by atoms with Crippen LogP contribution in [0.25, 0.3) is 22.6 Å². The van der Waals surface area contributed by atoms with Gasteiger partial charge in [-0.05, 0) is 31.2 Å². The van der Waals surface area contributed by atoms with E-state index in [0.29, 0.717) is 22.4 Å². The smallest absolute Gasteiger partial charge is 0.244 e. The van der Waals surface area contributed by atoms with Gasteiger partial charge in [0, 0.05) is 16.1 Å². The van der Waals surface area contributed by atoms with Gasteiger partial charge >= 0.3 is 0 Å². The zero-order valence-electron chi connectivity index (χ0n) is 12.2. The SMILES string of the molecule is COc1nc(-c2ccc(Cl)cc2)nnc1-c1ccc(C)cc1. The van der Waals surface area contributed by atoms with Gasteiger partial charge in [-0.25, -0.2) is 0 Å². The first-order chi connectivity index (χ1) is 10.7. The van der Waals surface area contributed by atoms with Crippen molar-refractivity contribution in [1.82, 2.24) is 15.2 Å². The van der Waals surface area contributed by atoms with Crippen molar-refractivity contribution in [3.63, 3.8) is 0 Å². The maximum atomic E-state index is 5.89. The molecule has 22 heavy (non-hydrogen) atoms. The summed E-state index contributed by atoms with van der Waals surface area (Å²) < 4.78 is 5.38. The Morgan fingerprint density at radius 3 is 2.14 bits per heavy atom. The highest BCUT2D eigenvalue weighted by atomic mass is 35.5. The van der Waals surface area contributed by atoms with E-state index >= 15 is 0 Å². The number of aromatic nitrogens is 3. The molecule has 0 aliphatic carbocycles. The third kappa shape index (κ3) is 2.92. The highest BCUT2D eigenvalue weighted by molar-refractivity contribution is 6.30. The highest BCUT2D eigenvalue weighted by Gasteiger charge is 2.13. The molecule has 1 aromatic heterocycles. The van der Waals surface area contributed by atoms with Crippen molar-refractivity contribution in [3.8, 4) is 28.5 Å². The van der Waals surface area contributed by atoms with Gasteiger partial charge in [-0.15, -0.1) is 10.2 Å². The van der Waals surface area contributed by atoms with Crippen LogP contribution in [0.5, 0.6) is 5.88 Å². The second kappa shape index (κ2) is 6.12. The summed E-state index contributed by atoms with van der Waals surface area (Å²) in [6, 6.07) is 15.3. The van der Waals surface area contributed by atoms with Crippen LogP contribution in [-0.2, 0) is 0 Å². The minimum atomic E-state index is 0.448. The molecule has 0 bridgehead atoms. The van der Waals surface area contributed by atoms with Gasteiger partial charge in [-0.2, -0.15) is 4.98 Å². The van der Waals surface area contributed by atoms with Gasteiger partial charge in [0.25, 0.3) is 0 Å². The Bertz CT molecular complexity index is 786. The number of nitrogens with zero attached hydrogens (tertiary/aromatic N) is 3. The summed E-state index contributed by atoms with van der Waals surface area (Å²) in [4.78, 5) is 4.45. The number of hydrogen-bond acceptors (Lipinski definition) is 4. The molecule has 0 atom stereocenters. The minimum Gasteiger partial charge on any atom is -0.479 e. The molecular weight excluding hydrogens is 298 g/mol. The fourth-order valence-electron chi connectivity index (χ4n) is 2.07. The maximum Gasteiger partial charge on any atom is 0.244 e. The monoisotopic (exact) mass is 311 g/mol. The van der Waals surface area contributed by atoms with E-state index < -0.39 is 0 Å². The first-order valence-corrected chi connectivity index (χ1v) is 7.17. The van der Waals surface area contributed by atoms with Crippen LogP contribution in [0, 0.1) is 6.92 Å². The summed E-state index contributed by atoms with van der Waals surface area (Å²) in [5.41, 5.74) is 3.57. The maximum absolute atomic E-state index is 5.89. The standard InChI is InChI=1S/C17H14ClN3O/c1-11-3-5-12(6-4-11)15-17(22-2)19-16(21-20-15)13-7-9-14(18)10-8-13/h3-10H,1-2H3. The third-order valence-electron chi connectivity index (χ3n) is 3.28. The second-order valence-corrected chi connectivity index (χ2v) is 5.30.